The third-order valence-corrected chi connectivity index (χ3v) is 1.85. The molecule has 1 aromatic rings. The summed E-state index contributed by atoms with van der Waals surface area (Å²) in [7, 11) is 3.26. The van der Waals surface area contributed by atoms with Gasteiger partial charge in [0.2, 0.25) is 0 Å². The van der Waals surface area contributed by atoms with Crippen molar-refractivity contribution in [2.24, 2.45) is 0 Å². The predicted octanol–water partition coefficient (Wildman–Crippen LogP) is 1.95. The van der Waals surface area contributed by atoms with Crippen molar-refractivity contribution in [1.82, 2.24) is 0 Å². The molecule has 0 radical (unpaired) electrons. The zero-order valence-electron chi connectivity index (χ0n) is 7.77. The monoisotopic (exact) mass is 206 g/mol. The van der Waals surface area contributed by atoms with E-state index in [0.29, 0.717) is 5.69 Å². The van der Waals surface area contributed by atoms with Gasteiger partial charge >= 0.3 is 6.98 Å². The van der Waals surface area contributed by atoms with Crippen LogP contribution in [0.1, 0.15) is 0 Å². The van der Waals surface area contributed by atoms with Crippen molar-refractivity contribution < 1.29 is 17.3 Å². The van der Waals surface area contributed by atoms with E-state index in [1.165, 1.54) is 11.0 Å². The minimum atomic E-state index is -5.26. The number of benzene rings is 1. The fourth-order valence-electron chi connectivity index (χ4n) is 1.06. The lowest BCUT2D eigenvalue weighted by Crippen LogP contribution is -2.36. The second kappa shape index (κ2) is 3.51. The summed E-state index contributed by atoms with van der Waals surface area (Å²) in [5.74, 6) is -1.22. The number of hydrogen-bond acceptors (Lipinski definition) is 1. The smallest absolute Gasteiger partial charge is 0.445 e. The summed E-state index contributed by atoms with van der Waals surface area (Å²) in [6.45, 7) is -5.26. The first-order chi connectivity index (χ1) is 6.32. The van der Waals surface area contributed by atoms with Crippen molar-refractivity contribution in [3.8, 4) is 0 Å². The molecule has 0 atom stereocenters. The first-order valence-corrected chi connectivity index (χ1v) is 3.99. The van der Waals surface area contributed by atoms with Crippen LogP contribution in [0.5, 0.6) is 0 Å². The van der Waals surface area contributed by atoms with Crippen LogP contribution in [0.4, 0.5) is 23.0 Å². The molecular formula is C8H9BF4N-. The molecule has 0 heterocycles. The highest BCUT2D eigenvalue weighted by atomic mass is 19.4. The molecule has 14 heavy (non-hydrogen) atoms. The molecule has 0 saturated heterocycles. The molecule has 0 spiro atoms. The lowest BCUT2D eigenvalue weighted by molar-refractivity contribution is 0.494. The molecule has 1 nitrogen and oxygen atoms in total. The Kier molecular flexibility index (Phi) is 2.73. The van der Waals surface area contributed by atoms with E-state index >= 15 is 0 Å². The highest BCUT2D eigenvalue weighted by Gasteiger charge is 2.28. The van der Waals surface area contributed by atoms with Gasteiger partial charge in [0.1, 0.15) is 0 Å². The van der Waals surface area contributed by atoms with Gasteiger partial charge in [0.25, 0.3) is 0 Å². The Hall–Kier alpha value is -1.20. The standard InChI is InChI=1S/C8H9BF4N/c1-14(2)6-3-4-7(8(10)5-6)9(11,12)13/h3-5H,1-2H3/q-1. The van der Waals surface area contributed by atoms with E-state index in [-0.39, 0.29) is 0 Å². The van der Waals surface area contributed by atoms with E-state index in [1.54, 1.807) is 14.1 Å². The Morgan fingerprint density at radius 1 is 1.14 bits per heavy atom. The molecule has 1 rings (SSSR count). The van der Waals surface area contributed by atoms with Crippen molar-refractivity contribution in [1.29, 1.82) is 0 Å². The summed E-state index contributed by atoms with van der Waals surface area (Å²) in [6, 6.07) is 2.89. The van der Waals surface area contributed by atoms with Gasteiger partial charge in [-0.15, -0.1) is 0 Å². The van der Waals surface area contributed by atoms with E-state index in [2.05, 4.69) is 0 Å². The van der Waals surface area contributed by atoms with Gasteiger partial charge in [0, 0.05) is 19.8 Å². The molecule has 0 saturated carbocycles. The third kappa shape index (κ3) is 2.18. The summed E-state index contributed by atoms with van der Waals surface area (Å²) in [5, 5.41) is 0. The van der Waals surface area contributed by atoms with Crippen LogP contribution in [0.2, 0.25) is 0 Å². The topological polar surface area (TPSA) is 3.24 Å². The highest BCUT2D eigenvalue weighted by Crippen LogP contribution is 2.16. The van der Waals surface area contributed by atoms with Crippen molar-refractivity contribution in [3.05, 3.63) is 24.0 Å². The maximum absolute atomic E-state index is 13.0. The van der Waals surface area contributed by atoms with E-state index in [0.717, 1.165) is 12.1 Å². The van der Waals surface area contributed by atoms with Gasteiger partial charge in [-0.05, 0) is 12.1 Å². The number of halogens is 4. The van der Waals surface area contributed by atoms with Crippen LogP contribution in [-0.2, 0) is 0 Å². The van der Waals surface area contributed by atoms with Gasteiger partial charge in [-0.25, -0.2) is 4.39 Å². The van der Waals surface area contributed by atoms with Crippen molar-refractivity contribution in [2.75, 3.05) is 19.0 Å². The van der Waals surface area contributed by atoms with Crippen LogP contribution in [0, 0.1) is 5.82 Å². The molecule has 1 aromatic carbocycles. The van der Waals surface area contributed by atoms with Gasteiger partial charge < -0.3 is 17.8 Å². The van der Waals surface area contributed by atoms with Crippen LogP contribution >= 0.6 is 0 Å². The van der Waals surface area contributed by atoms with Crippen LogP contribution in [-0.4, -0.2) is 21.1 Å². The van der Waals surface area contributed by atoms with Crippen LogP contribution in [0.3, 0.4) is 0 Å². The Labute approximate surface area is 79.4 Å². The molecule has 0 aliphatic carbocycles. The van der Waals surface area contributed by atoms with E-state index < -0.39 is 18.3 Å². The minimum absolute atomic E-state index is 0.409. The average molecular weight is 206 g/mol. The predicted molar refractivity (Wildman–Crippen MR) is 49.4 cm³/mol. The zero-order valence-corrected chi connectivity index (χ0v) is 7.77. The molecule has 0 aliphatic heterocycles. The molecule has 0 aliphatic rings. The lowest BCUT2D eigenvalue weighted by Gasteiger charge is -2.18. The van der Waals surface area contributed by atoms with Crippen molar-refractivity contribution in [3.63, 3.8) is 0 Å². The molecule has 0 fully saturated rings. The van der Waals surface area contributed by atoms with E-state index in [9.17, 15) is 17.3 Å². The molecule has 0 bridgehead atoms. The van der Waals surface area contributed by atoms with Crippen molar-refractivity contribution >= 4 is 18.1 Å². The fraction of sp³-hybridized carbons (Fsp3) is 0.250. The summed E-state index contributed by atoms with van der Waals surface area (Å²) < 4.78 is 49.5. The molecule has 0 unspecified atom stereocenters. The average Bonchev–Trinajstić information content (AvgIpc) is 2.01. The first kappa shape index (κ1) is 10.9. The van der Waals surface area contributed by atoms with Gasteiger partial charge in [0.15, 0.2) is 0 Å². The normalized spacial score (nSPS) is 11.6. The molecular weight excluding hydrogens is 197 g/mol. The fourth-order valence-corrected chi connectivity index (χ4v) is 1.06. The lowest BCUT2D eigenvalue weighted by atomic mass is 9.79. The van der Waals surface area contributed by atoms with Gasteiger partial charge in [-0.1, -0.05) is 11.5 Å². The number of nitrogens with zero attached hydrogens (tertiary/aromatic N) is 1. The summed E-state index contributed by atoms with van der Waals surface area (Å²) in [4.78, 5) is 1.54. The molecule has 78 valence electrons. The second-order valence-corrected chi connectivity index (χ2v) is 3.18. The van der Waals surface area contributed by atoms with Crippen LogP contribution in [0.25, 0.3) is 0 Å². The summed E-state index contributed by atoms with van der Waals surface area (Å²) >= 11 is 0. The molecule has 6 heteroatoms. The Bertz CT molecular complexity index is 335. The molecule has 0 amide bonds. The number of hydrogen-bond donors (Lipinski definition) is 0. The Morgan fingerprint density at radius 3 is 2.07 bits per heavy atom. The van der Waals surface area contributed by atoms with Crippen LogP contribution in [0.15, 0.2) is 18.2 Å². The van der Waals surface area contributed by atoms with Gasteiger partial charge in [-0.3, -0.25) is 0 Å². The quantitative estimate of drug-likeness (QED) is 0.527. The summed E-state index contributed by atoms with van der Waals surface area (Å²) in [6.07, 6.45) is 0. The Morgan fingerprint density at radius 2 is 1.71 bits per heavy atom. The van der Waals surface area contributed by atoms with E-state index in [1.807, 2.05) is 0 Å². The third-order valence-electron chi connectivity index (χ3n) is 1.85. The van der Waals surface area contributed by atoms with Gasteiger partial charge in [0.05, 0.1) is 5.82 Å². The maximum atomic E-state index is 13.0. The van der Waals surface area contributed by atoms with Crippen LogP contribution < -0.4 is 10.4 Å². The number of anilines is 1. The number of rotatable bonds is 2. The molecule has 0 aromatic heterocycles. The minimum Gasteiger partial charge on any atom is -0.445 e. The van der Waals surface area contributed by atoms with Crippen molar-refractivity contribution in [2.45, 2.75) is 0 Å². The largest absolute Gasteiger partial charge is 0.512 e. The Balaban J connectivity index is 3.15. The highest BCUT2D eigenvalue weighted by molar-refractivity contribution is 6.73. The second-order valence-electron chi connectivity index (χ2n) is 3.18. The molecule has 0 N–H and O–H groups in total. The maximum Gasteiger partial charge on any atom is 0.512 e. The first-order valence-electron chi connectivity index (χ1n) is 3.99. The zero-order chi connectivity index (χ0) is 10.9. The van der Waals surface area contributed by atoms with E-state index in [4.69, 9.17) is 0 Å². The van der Waals surface area contributed by atoms with Gasteiger partial charge in [-0.2, -0.15) is 0 Å². The SMILES string of the molecule is CN(C)c1ccc([B-](F)(F)F)c(F)c1. The summed E-state index contributed by atoms with van der Waals surface area (Å²) in [5.41, 5.74) is -0.762.